The highest BCUT2D eigenvalue weighted by Crippen LogP contribution is 2.11. The summed E-state index contributed by atoms with van der Waals surface area (Å²) in [5.41, 5.74) is 0.368. The van der Waals surface area contributed by atoms with E-state index in [0.29, 0.717) is 18.7 Å². The molecule has 0 aliphatic heterocycles. The van der Waals surface area contributed by atoms with Gasteiger partial charge >= 0.3 is 0 Å². The molecule has 2 N–H and O–H groups in total. The Kier molecular flexibility index (Phi) is 6.50. The van der Waals surface area contributed by atoms with Crippen molar-refractivity contribution in [2.75, 3.05) is 26.8 Å². The van der Waals surface area contributed by atoms with E-state index in [1.807, 2.05) is 0 Å². The Morgan fingerprint density at radius 3 is 3.00 bits per heavy atom. The van der Waals surface area contributed by atoms with Gasteiger partial charge in [-0.05, 0) is 6.07 Å². The van der Waals surface area contributed by atoms with E-state index in [0.717, 1.165) is 0 Å². The zero-order valence-corrected chi connectivity index (χ0v) is 10.7. The number of hydrogen-bond acceptors (Lipinski definition) is 4. The van der Waals surface area contributed by atoms with Crippen molar-refractivity contribution in [1.29, 1.82) is 5.26 Å². The van der Waals surface area contributed by atoms with Gasteiger partial charge in [-0.2, -0.15) is 5.26 Å². The number of benzene rings is 1. The average Bonchev–Trinajstić information content (AvgIpc) is 2.41. The van der Waals surface area contributed by atoms with Gasteiger partial charge in [0.15, 0.2) is 0 Å². The van der Waals surface area contributed by atoms with Gasteiger partial charge in [0.05, 0.1) is 18.7 Å². The molecule has 0 saturated carbocycles. The SMILES string of the molecule is COCCNC(=O)CNCc1cccc(C#N)c1F. The monoisotopic (exact) mass is 265 g/mol. The Labute approximate surface area is 111 Å². The van der Waals surface area contributed by atoms with Gasteiger partial charge in [-0.1, -0.05) is 12.1 Å². The molecule has 5 nitrogen and oxygen atoms in total. The predicted octanol–water partition coefficient (Wildman–Crippen LogP) is 0.550. The molecular weight excluding hydrogens is 249 g/mol. The molecule has 0 fully saturated rings. The fraction of sp³-hybridized carbons (Fsp3) is 0.385. The number of nitrogens with zero attached hydrogens (tertiary/aromatic N) is 1. The number of nitrogens with one attached hydrogen (secondary N) is 2. The lowest BCUT2D eigenvalue weighted by molar-refractivity contribution is -0.120. The minimum absolute atomic E-state index is 0.00356. The number of amides is 1. The number of carbonyl (C=O) groups excluding carboxylic acids is 1. The lowest BCUT2D eigenvalue weighted by Gasteiger charge is -2.07. The third-order valence-corrected chi connectivity index (χ3v) is 2.43. The van der Waals surface area contributed by atoms with Gasteiger partial charge < -0.3 is 15.4 Å². The quantitative estimate of drug-likeness (QED) is 0.706. The Morgan fingerprint density at radius 1 is 1.53 bits per heavy atom. The van der Waals surface area contributed by atoms with E-state index < -0.39 is 5.82 Å². The summed E-state index contributed by atoms with van der Waals surface area (Å²) in [6.07, 6.45) is 0. The summed E-state index contributed by atoms with van der Waals surface area (Å²) in [5, 5.41) is 14.1. The molecule has 6 heteroatoms. The first-order chi connectivity index (χ1) is 9.19. The molecule has 0 bridgehead atoms. The molecule has 0 unspecified atom stereocenters. The predicted molar refractivity (Wildman–Crippen MR) is 67.7 cm³/mol. The Balaban J connectivity index is 2.37. The topological polar surface area (TPSA) is 74.2 Å². The molecule has 0 aromatic heterocycles. The smallest absolute Gasteiger partial charge is 0.234 e. The highest BCUT2D eigenvalue weighted by molar-refractivity contribution is 5.77. The van der Waals surface area contributed by atoms with Crippen LogP contribution in [0.4, 0.5) is 4.39 Å². The summed E-state index contributed by atoms with van der Waals surface area (Å²) in [4.78, 5) is 11.3. The van der Waals surface area contributed by atoms with Gasteiger partial charge in [0.25, 0.3) is 0 Å². The molecular formula is C13H16FN3O2. The van der Waals surface area contributed by atoms with Crippen LogP contribution in [-0.4, -0.2) is 32.7 Å². The van der Waals surface area contributed by atoms with Crippen LogP contribution < -0.4 is 10.6 Å². The summed E-state index contributed by atoms with van der Waals surface area (Å²) in [7, 11) is 1.55. The fourth-order valence-corrected chi connectivity index (χ4v) is 1.47. The Hall–Kier alpha value is -1.97. The van der Waals surface area contributed by atoms with E-state index in [1.165, 1.54) is 6.07 Å². The highest BCUT2D eigenvalue weighted by atomic mass is 19.1. The summed E-state index contributed by atoms with van der Waals surface area (Å²) in [6.45, 7) is 1.17. The fourth-order valence-electron chi connectivity index (χ4n) is 1.47. The van der Waals surface area contributed by atoms with Gasteiger partial charge in [-0.15, -0.1) is 0 Å². The molecule has 1 rings (SSSR count). The summed E-state index contributed by atoms with van der Waals surface area (Å²) < 4.78 is 18.5. The first kappa shape index (κ1) is 15.1. The number of ether oxygens (including phenoxy) is 1. The number of rotatable bonds is 7. The van der Waals surface area contributed by atoms with E-state index in [1.54, 1.807) is 25.3 Å². The number of methoxy groups -OCH3 is 1. The van der Waals surface area contributed by atoms with E-state index in [-0.39, 0.29) is 24.6 Å². The Morgan fingerprint density at radius 2 is 2.32 bits per heavy atom. The normalized spacial score (nSPS) is 9.95. The molecule has 0 saturated heterocycles. The van der Waals surface area contributed by atoms with Crippen molar-refractivity contribution in [1.82, 2.24) is 10.6 Å². The maximum atomic E-state index is 13.7. The molecule has 0 heterocycles. The maximum absolute atomic E-state index is 13.7. The second kappa shape index (κ2) is 8.19. The third-order valence-electron chi connectivity index (χ3n) is 2.43. The van der Waals surface area contributed by atoms with Gasteiger partial charge in [-0.3, -0.25) is 4.79 Å². The Bertz CT molecular complexity index is 471. The van der Waals surface area contributed by atoms with Crippen molar-refractivity contribution in [3.8, 4) is 6.07 Å². The van der Waals surface area contributed by atoms with Gasteiger partial charge in [0.2, 0.25) is 5.91 Å². The van der Waals surface area contributed by atoms with E-state index in [9.17, 15) is 9.18 Å². The van der Waals surface area contributed by atoms with Gasteiger partial charge in [0, 0.05) is 25.8 Å². The van der Waals surface area contributed by atoms with Crippen molar-refractivity contribution in [2.45, 2.75) is 6.54 Å². The number of carbonyl (C=O) groups is 1. The van der Waals surface area contributed by atoms with Crippen LogP contribution in [0.3, 0.4) is 0 Å². The van der Waals surface area contributed by atoms with Crippen molar-refractivity contribution < 1.29 is 13.9 Å². The summed E-state index contributed by atoms with van der Waals surface area (Å²) in [5.74, 6) is -0.730. The van der Waals surface area contributed by atoms with Crippen LogP contribution in [0.25, 0.3) is 0 Å². The molecule has 0 spiro atoms. The molecule has 1 aromatic rings. The zero-order valence-electron chi connectivity index (χ0n) is 10.7. The van der Waals surface area contributed by atoms with Crippen molar-refractivity contribution in [2.24, 2.45) is 0 Å². The second-order valence-electron chi connectivity index (χ2n) is 3.84. The number of nitriles is 1. The first-order valence-corrected chi connectivity index (χ1v) is 5.83. The van der Waals surface area contributed by atoms with Crippen molar-refractivity contribution >= 4 is 5.91 Å². The van der Waals surface area contributed by atoms with Crippen LogP contribution in [0, 0.1) is 17.1 Å². The van der Waals surface area contributed by atoms with Crippen LogP contribution in [0.2, 0.25) is 0 Å². The lowest BCUT2D eigenvalue weighted by atomic mass is 10.1. The van der Waals surface area contributed by atoms with Gasteiger partial charge in [-0.25, -0.2) is 4.39 Å². The number of halogens is 1. The molecule has 19 heavy (non-hydrogen) atoms. The zero-order chi connectivity index (χ0) is 14.1. The third kappa shape index (κ3) is 5.04. The molecule has 0 aliphatic rings. The van der Waals surface area contributed by atoms with Crippen LogP contribution in [-0.2, 0) is 16.1 Å². The second-order valence-corrected chi connectivity index (χ2v) is 3.84. The van der Waals surface area contributed by atoms with E-state index in [4.69, 9.17) is 10.00 Å². The van der Waals surface area contributed by atoms with Crippen LogP contribution in [0.15, 0.2) is 18.2 Å². The largest absolute Gasteiger partial charge is 0.383 e. The molecule has 1 amide bonds. The van der Waals surface area contributed by atoms with E-state index in [2.05, 4.69) is 10.6 Å². The van der Waals surface area contributed by atoms with Crippen LogP contribution >= 0.6 is 0 Å². The summed E-state index contributed by atoms with van der Waals surface area (Å²) in [6, 6.07) is 6.37. The minimum Gasteiger partial charge on any atom is -0.383 e. The molecule has 0 atom stereocenters. The van der Waals surface area contributed by atoms with Crippen molar-refractivity contribution in [3.63, 3.8) is 0 Å². The first-order valence-electron chi connectivity index (χ1n) is 5.83. The number of hydrogen-bond donors (Lipinski definition) is 2. The maximum Gasteiger partial charge on any atom is 0.234 e. The van der Waals surface area contributed by atoms with Crippen LogP contribution in [0.5, 0.6) is 0 Å². The molecule has 0 radical (unpaired) electrons. The highest BCUT2D eigenvalue weighted by Gasteiger charge is 2.07. The summed E-state index contributed by atoms with van der Waals surface area (Å²) >= 11 is 0. The molecule has 1 aromatic carbocycles. The molecule has 0 aliphatic carbocycles. The van der Waals surface area contributed by atoms with Crippen molar-refractivity contribution in [3.05, 3.63) is 35.1 Å². The van der Waals surface area contributed by atoms with Crippen LogP contribution in [0.1, 0.15) is 11.1 Å². The molecule has 102 valence electrons. The van der Waals surface area contributed by atoms with Gasteiger partial charge in [0.1, 0.15) is 11.9 Å². The van der Waals surface area contributed by atoms with E-state index >= 15 is 0 Å². The standard InChI is InChI=1S/C13H16FN3O2/c1-19-6-5-17-12(18)9-16-8-11-4-2-3-10(7-15)13(11)14/h2-4,16H,5-6,8-9H2,1H3,(H,17,18). The average molecular weight is 265 g/mol. The minimum atomic E-state index is -0.544. The lowest BCUT2D eigenvalue weighted by Crippen LogP contribution is -2.35.